The SMILES string of the molecule is CNC(C)Cc1nc(C2CCOc3ccccc32)no1. The van der Waals surface area contributed by atoms with E-state index in [2.05, 4.69) is 28.4 Å². The molecule has 3 rings (SSSR count). The van der Waals surface area contributed by atoms with Crippen LogP contribution < -0.4 is 10.1 Å². The normalized spacial score (nSPS) is 19.2. The van der Waals surface area contributed by atoms with Crippen LogP contribution in [0.5, 0.6) is 5.75 Å². The fraction of sp³-hybridized carbons (Fsp3) is 0.467. The van der Waals surface area contributed by atoms with E-state index < -0.39 is 0 Å². The third-order valence-corrected chi connectivity index (χ3v) is 3.73. The molecule has 5 heteroatoms. The smallest absolute Gasteiger partial charge is 0.228 e. The Kier molecular flexibility index (Phi) is 3.69. The predicted octanol–water partition coefficient (Wildman–Crippen LogP) is 2.13. The molecule has 5 nitrogen and oxygen atoms in total. The number of nitrogens with one attached hydrogen (secondary N) is 1. The Morgan fingerprint density at radius 3 is 3.10 bits per heavy atom. The fourth-order valence-corrected chi connectivity index (χ4v) is 2.47. The van der Waals surface area contributed by atoms with Crippen molar-refractivity contribution in [2.75, 3.05) is 13.7 Å². The maximum atomic E-state index is 5.67. The van der Waals surface area contributed by atoms with E-state index in [9.17, 15) is 0 Å². The molecule has 2 aromatic rings. The summed E-state index contributed by atoms with van der Waals surface area (Å²) in [6, 6.07) is 8.39. The molecule has 0 radical (unpaired) electrons. The van der Waals surface area contributed by atoms with Gasteiger partial charge >= 0.3 is 0 Å². The summed E-state index contributed by atoms with van der Waals surface area (Å²) < 4.78 is 11.0. The number of para-hydroxylation sites is 1. The van der Waals surface area contributed by atoms with Gasteiger partial charge in [0.1, 0.15) is 5.75 Å². The van der Waals surface area contributed by atoms with Gasteiger partial charge in [0.25, 0.3) is 0 Å². The minimum absolute atomic E-state index is 0.169. The van der Waals surface area contributed by atoms with Crippen LogP contribution in [0.1, 0.15) is 36.5 Å². The molecule has 0 saturated heterocycles. The third kappa shape index (κ3) is 2.54. The number of aromatic nitrogens is 2. The van der Waals surface area contributed by atoms with Crippen LogP contribution in [0.25, 0.3) is 0 Å². The average Bonchev–Trinajstić information content (AvgIpc) is 2.94. The van der Waals surface area contributed by atoms with E-state index in [1.807, 2.05) is 25.2 Å². The van der Waals surface area contributed by atoms with Gasteiger partial charge in [-0.3, -0.25) is 0 Å². The highest BCUT2D eigenvalue weighted by Gasteiger charge is 2.27. The molecule has 0 amide bonds. The number of hydrogen-bond acceptors (Lipinski definition) is 5. The standard InChI is InChI=1S/C15H19N3O2/c1-10(16-2)9-14-17-15(18-20-14)12-7-8-19-13-6-4-3-5-11(12)13/h3-6,10,12,16H,7-9H2,1-2H3. The molecule has 1 N–H and O–H groups in total. The Hall–Kier alpha value is -1.88. The summed E-state index contributed by atoms with van der Waals surface area (Å²) in [5, 5.41) is 7.33. The Labute approximate surface area is 118 Å². The predicted molar refractivity (Wildman–Crippen MR) is 74.9 cm³/mol. The van der Waals surface area contributed by atoms with Crippen LogP contribution in [0.2, 0.25) is 0 Å². The highest BCUT2D eigenvalue weighted by molar-refractivity contribution is 5.40. The summed E-state index contributed by atoms with van der Waals surface area (Å²) in [6.07, 6.45) is 1.63. The van der Waals surface area contributed by atoms with Crippen LogP contribution in [0, 0.1) is 0 Å². The lowest BCUT2D eigenvalue weighted by Crippen LogP contribution is -2.23. The van der Waals surface area contributed by atoms with Crippen LogP contribution in [-0.2, 0) is 6.42 Å². The highest BCUT2D eigenvalue weighted by atomic mass is 16.5. The Morgan fingerprint density at radius 1 is 1.40 bits per heavy atom. The molecule has 0 fully saturated rings. The van der Waals surface area contributed by atoms with Crippen molar-refractivity contribution in [1.82, 2.24) is 15.5 Å². The lowest BCUT2D eigenvalue weighted by molar-refractivity contribution is 0.272. The first kappa shape index (κ1) is 13.1. The maximum Gasteiger partial charge on any atom is 0.228 e. The Balaban J connectivity index is 1.84. The second-order valence-electron chi connectivity index (χ2n) is 5.17. The van der Waals surface area contributed by atoms with Crippen LogP contribution in [0.3, 0.4) is 0 Å². The monoisotopic (exact) mass is 273 g/mol. The minimum atomic E-state index is 0.169. The molecule has 1 aliphatic heterocycles. The van der Waals surface area contributed by atoms with Crippen LogP contribution in [0.15, 0.2) is 28.8 Å². The lowest BCUT2D eigenvalue weighted by atomic mass is 9.92. The molecule has 1 aromatic heterocycles. The number of hydrogen-bond donors (Lipinski definition) is 1. The summed E-state index contributed by atoms with van der Waals surface area (Å²) >= 11 is 0. The molecular formula is C15H19N3O2. The molecule has 0 spiro atoms. The van der Waals surface area contributed by atoms with Gasteiger partial charge in [0.05, 0.1) is 12.5 Å². The van der Waals surface area contributed by atoms with Crippen molar-refractivity contribution in [2.45, 2.75) is 31.7 Å². The van der Waals surface area contributed by atoms with Crippen molar-refractivity contribution in [2.24, 2.45) is 0 Å². The van der Waals surface area contributed by atoms with E-state index in [1.54, 1.807) is 0 Å². The van der Waals surface area contributed by atoms with E-state index in [0.29, 0.717) is 18.5 Å². The van der Waals surface area contributed by atoms with Crippen LogP contribution in [0.4, 0.5) is 0 Å². The maximum absolute atomic E-state index is 5.67. The van der Waals surface area contributed by atoms with Gasteiger partial charge in [0.15, 0.2) is 5.82 Å². The number of rotatable bonds is 4. The molecule has 2 heterocycles. The number of likely N-dealkylation sites (N-methyl/N-ethyl adjacent to an activating group) is 1. The van der Waals surface area contributed by atoms with Crippen molar-refractivity contribution >= 4 is 0 Å². The van der Waals surface area contributed by atoms with Gasteiger partial charge in [-0.25, -0.2) is 0 Å². The largest absolute Gasteiger partial charge is 0.493 e. The van der Waals surface area contributed by atoms with Gasteiger partial charge in [0.2, 0.25) is 5.89 Å². The molecule has 20 heavy (non-hydrogen) atoms. The molecule has 0 aliphatic carbocycles. The second-order valence-corrected chi connectivity index (χ2v) is 5.17. The zero-order valence-electron chi connectivity index (χ0n) is 11.8. The Bertz CT molecular complexity index is 582. The van der Waals surface area contributed by atoms with Crippen molar-refractivity contribution in [3.8, 4) is 5.75 Å². The van der Waals surface area contributed by atoms with Gasteiger partial charge in [-0.05, 0) is 26.5 Å². The first-order chi connectivity index (χ1) is 9.78. The van der Waals surface area contributed by atoms with E-state index in [0.717, 1.165) is 30.0 Å². The number of fused-ring (bicyclic) bond motifs is 1. The van der Waals surface area contributed by atoms with Gasteiger partial charge in [0, 0.05) is 18.0 Å². The summed E-state index contributed by atoms with van der Waals surface area (Å²) in [6.45, 7) is 2.78. The molecule has 2 unspecified atom stereocenters. The minimum Gasteiger partial charge on any atom is -0.493 e. The summed E-state index contributed by atoms with van der Waals surface area (Å²) in [4.78, 5) is 4.55. The number of nitrogens with zero attached hydrogens (tertiary/aromatic N) is 2. The van der Waals surface area contributed by atoms with Gasteiger partial charge < -0.3 is 14.6 Å². The van der Waals surface area contributed by atoms with Crippen molar-refractivity contribution in [3.63, 3.8) is 0 Å². The molecule has 0 saturated carbocycles. The van der Waals surface area contributed by atoms with Gasteiger partial charge in [-0.15, -0.1) is 0 Å². The molecule has 0 bridgehead atoms. The molecule has 1 aromatic carbocycles. The molecule has 106 valence electrons. The Morgan fingerprint density at radius 2 is 2.25 bits per heavy atom. The summed E-state index contributed by atoms with van der Waals surface area (Å²) in [7, 11) is 1.93. The van der Waals surface area contributed by atoms with Crippen molar-refractivity contribution in [3.05, 3.63) is 41.5 Å². The molecule has 2 atom stereocenters. The van der Waals surface area contributed by atoms with Crippen LogP contribution >= 0.6 is 0 Å². The third-order valence-electron chi connectivity index (χ3n) is 3.73. The first-order valence-corrected chi connectivity index (χ1v) is 6.99. The fourth-order valence-electron chi connectivity index (χ4n) is 2.47. The van der Waals surface area contributed by atoms with Crippen molar-refractivity contribution < 1.29 is 9.26 Å². The van der Waals surface area contributed by atoms with E-state index in [1.165, 1.54) is 0 Å². The number of ether oxygens (including phenoxy) is 1. The summed E-state index contributed by atoms with van der Waals surface area (Å²) in [5.41, 5.74) is 1.15. The molecule has 1 aliphatic rings. The van der Waals surface area contributed by atoms with Gasteiger partial charge in [-0.2, -0.15) is 4.98 Å². The highest BCUT2D eigenvalue weighted by Crippen LogP contribution is 2.36. The number of benzene rings is 1. The second kappa shape index (κ2) is 5.63. The lowest BCUT2D eigenvalue weighted by Gasteiger charge is -2.23. The van der Waals surface area contributed by atoms with E-state index >= 15 is 0 Å². The first-order valence-electron chi connectivity index (χ1n) is 6.99. The van der Waals surface area contributed by atoms with Crippen molar-refractivity contribution in [1.29, 1.82) is 0 Å². The molecular weight excluding hydrogens is 254 g/mol. The summed E-state index contributed by atoms with van der Waals surface area (Å²) in [5.74, 6) is 2.55. The van der Waals surface area contributed by atoms with Crippen LogP contribution in [-0.4, -0.2) is 29.8 Å². The topological polar surface area (TPSA) is 60.2 Å². The zero-order chi connectivity index (χ0) is 13.9. The van der Waals surface area contributed by atoms with Gasteiger partial charge in [-0.1, -0.05) is 23.4 Å². The quantitative estimate of drug-likeness (QED) is 0.924. The van der Waals surface area contributed by atoms with E-state index in [4.69, 9.17) is 9.26 Å². The average molecular weight is 273 g/mol. The van der Waals surface area contributed by atoms with E-state index in [-0.39, 0.29) is 5.92 Å². The zero-order valence-corrected chi connectivity index (χ0v) is 11.8.